The van der Waals surface area contributed by atoms with Crippen molar-refractivity contribution in [3.05, 3.63) is 0 Å². The second-order valence-electron chi connectivity index (χ2n) is 1.20. The summed E-state index contributed by atoms with van der Waals surface area (Å²) in [5.41, 5.74) is 0. The molecule has 0 aliphatic rings. The third-order valence-electron chi connectivity index (χ3n) is 0. The Morgan fingerprint density at radius 2 is 0.900 bits per heavy atom. The Morgan fingerprint density at radius 3 is 0.900 bits per heavy atom. The summed E-state index contributed by atoms with van der Waals surface area (Å²) in [5, 5.41) is 21.5. The second-order valence-corrected chi connectivity index (χ2v) is 2.91. The Balaban J connectivity index is -0.0000000113. The van der Waals surface area contributed by atoms with Crippen LogP contribution in [0.3, 0.4) is 0 Å². The number of hydrogen-bond acceptors (Lipinski definition) is 11. The van der Waals surface area contributed by atoms with Gasteiger partial charge in [0.15, 0.2) is 0 Å². The van der Waals surface area contributed by atoms with Crippen LogP contribution in [0.25, 0.3) is 0 Å². The van der Waals surface area contributed by atoms with Crippen LogP contribution in [0, 0.1) is 0 Å². The summed E-state index contributed by atoms with van der Waals surface area (Å²) < 4.78 is 42.6. The van der Waals surface area contributed by atoms with Crippen molar-refractivity contribution in [3.8, 4) is 0 Å². The minimum absolute atomic E-state index is 0. The van der Waals surface area contributed by atoms with E-state index in [0.29, 0.717) is 0 Å². The average molecular weight is 467 g/mol. The monoisotopic (exact) mass is 465 g/mol. The molecule has 0 atom stereocenters. The summed E-state index contributed by atoms with van der Waals surface area (Å²) in [4.78, 5) is 25.6. The van der Waals surface area contributed by atoms with Gasteiger partial charge in [-0.2, -0.15) is 7.82 Å². The van der Waals surface area contributed by atoms with Gasteiger partial charge in [-0.05, 0) is 0 Å². The van der Waals surface area contributed by atoms with Gasteiger partial charge in [0.2, 0.25) is 0 Å². The topological polar surface area (TPSA) is 256 Å². The van der Waals surface area contributed by atoms with Gasteiger partial charge in [-0.25, -0.2) is 0 Å². The average Bonchev–Trinajstić information content (AvgIpc) is 1.45. The van der Waals surface area contributed by atoms with Crippen LogP contribution in [0.4, 0.5) is 0 Å². The van der Waals surface area contributed by atoms with E-state index in [-0.39, 0.29) is 131 Å². The summed E-state index contributed by atoms with van der Waals surface area (Å²) in [7, 11) is -12.7. The van der Waals surface area contributed by atoms with Gasteiger partial charge in [-0.15, -0.1) is 0 Å². The van der Waals surface area contributed by atoms with Crippen molar-refractivity contribution in [3.63, 3.8) is 0 Å². The molecule has 105 valence electrons. The van der Waals surface area contributed by atoms with Gasteiger partial charge in [-0.1, -0.05) is 0 Å². The van der Waals surface area contributed by atoms with Gasteiger partial charge >= 0.3 is 133 Å². The third kappa shape index (κ3) is 600. The number of phosphoric acid groups is 1. The smallest absolute Gasteiger partial charge is 2.00 e. The molecule has 0 aliphatic heterocycles. The Kier molecular flexibility index (Phi) is 87.1. The van der Waals surface area contributed by atoms with E-state index in [9.17, 15) is 0 Å². The molecule has 0 amide bonds. The predicted molar refractivity (Wildman–Crippen MR) is 31.2 cm³/mol. The van der Waals surface area contributed by atoms with E-state index in [0.717, 1.165) is 0 Å². The van der Waals surface area contributed by atoms with Crippen molar-refractivity contribution in [2.24, 2.45) is 0 Å². The Labute approximate surface area is 204 Å². The third-order valence-corrected chi connectivity index (χ3v) is 0. The summed E-state index contributed by atoms with van der Waals surface area (Å²) in [5.74, 6) is 0. The van der Waals surface area contributed by atoms with Crippen LogP contribution in [0.5, 0.6) is 0 Å². The van der Waals surface area contributed by atoms with E-state index in [4.69, 9.17) is 51.8 Å². The fraction of sp³-hybridized carbons (Fsp3) is 0. The van der Waals surface area contributed by atoms with Crippen molar-refractivity contribution in [2.75, 3.05) is 0 Å². The van der Waals surface area contributed by atoms with Crippen molar-refractivity contribution < 1.29 is 183 Å². The molecule has 0 aromatic rings. The molecule has 12 nitrogen and oxygen atoms in total. The number of rotatable bonds is 0. The van der Waals surface area contributed by atoms with Crippen LogP contribution in [0.15, 0.2) is 0 Å². The SMILES string of the molecule is O=P([O-])([O-])[O-].O=S(=O)([O-])[O-].OB(O)O.[Cu+2].[Na+].[Na+].[Na+].[O-2].[Zn+2]. The van der Waals surface area contributed by atoms with Crippen molar-refractivity contribution in [1.29, 1.82) is 0 Å². The fourth-order valence-corrected chi connectivity index (χ4v) is 0. The molecule has 0 aliphatic carbocycles. The molecular weight excluding hydrogens is 464 g/mol. The van der Waals surface area contributed by atoms with Gasteiger partial charge in [0, 0.05) is 10.4 Å². The quantitative estimate of drug-likeness (QED) is 0.130. The van der Waals surface area contributed by atoms with E-state index in [1.165, 1.54) is 0 Å². The maximum Gasteiger partial charge on any atom is 2.00 e. The van der Waals surface area contributed by atoms with Gasteiger partial charge in [0.05, 0.1) is 0 Å². The fourth-order valence-electron chi connectivity index (χ4n) is 0. The van der Waals surface area contributed by atoms with Crippen molar-refractivity contribution in [1.82, 2.24) is 0 Å². The van der Waals surface area contributed by atoms with E-state index in [1.807, 2.05) is 0 Å². The van der Waals surface area contributed by atoms with Gasteiger partial charge in [0.25, 0.3) is 0 Å². The maximum absolute atomic E-state index is 8.55. The minimum Gasteiger partial charge on any atom is -2.00 e. The molecule has 0 bridgehead atoms. The first-order valence-corrected chi connectivity index (χ1v) is 4.97. The molecule has 0 unspecified atom stereocenters. The summed E-state index contributed by atoms with van der Waals surface area (Å²) in [6.45, 7) is 0. The van der Waals surface area contributed by atoms with Crippen molar-refractivity contribution >= 4 is 25.5 Å². The van der Waals surface area contributed by atoms with Crippen LogP contribution < -0.4 is 103 Å². The molecule has 0 saturated heterocycles. The van der Waals surface area contributed by atoms with Gasteiger partial charge < -0.3 is 48.9 Å². The number of hydrogen-bond donors (Lipinski definition) is 3. The molecule has 20 heteroatoms. The zero-order valence-corrected chi connectivity index (χ0v) is 22.1. The van der Waals surface area contributed by atoms with Crippen LogP contribution in [-0.4, -0.2) is 39.9 Å². The largest absolute Gasteiger partial charge is 2.00 e. The Bertz CT molecular complexity index is 249. The Morgan fingerprint density at radius 1 is 0.900 bits per heavy atom. The van der Waals surface area contributed by atoms with E-state index < -0.39 is 25.5 Å². The first-order chi connectivity index (χ1) is 5.73. The van der Waals surface area contributed by atoms with Crippen LogP contribution >= 0.6 is 7.82 Å². The molecule has 0 heterocycles. The van der Waals surface area contributed by atoms with E-state index in [2.05, 4.69) is 0 Å². The van der Waals surface area contributed by atoms with Crippen molar-refractivity contribution in [2.45, 2.75) is 0 Å². The summed E-state index contributed by atoms with van der Waals surface area (Å²) >= 11 is 0. The Hall–Kier alpha value is 4.03. The maximum atomic E-state index is 8.55. The molecule has 1 radical (unpaired) electrons. The molecule has 0 spiro atoms. The summed E-state index contributed by atoms with van der Waals surface area (Å²) in [6, 6.07) is 0. The molecule has 0 aromatic heterocycles. The first kappa shape index (κ1) is 56.4. The molecule has 0 fully saturated rings. The zero-order chi connectivity index (χ0) is 12.6. The predicted octanol–water partition coefficient (Wildman–Crippen LogP) is -15.3. The molecule has 20 heavy (non-hydrogen) atoms. The molecule has 0 rings (SSSR count). The van der Waals surface area contributed by atoms with Crippen LogP contribution in [-0.2, 0) is 57.0 Å². The standard InChI is InChI=1S/BH3O3.Cu.3Na.H3O4P.H2O4S.O.Zn/c2-1(3)4;;;;;2*1-5(2,3)4;;/h2-4H;;;;;(H3,1,2,3,4);(H2,1,2,3,4);;/q;+2;3*+1;;;-2;+2/p-5. The van der Waals surface area contributed by atoms with Crippen LogP contribution in [0.2, 0.25) is 0 Å². The molecule has 0 aromatic carbocycles. The van der Waals surface area contributed by atoms with Crippen LogP contribution in [0.1, 0.15) is 0 Å². The first-order valence-electron chi connectivity index (χ1n) is 2.17. The van der Waals surface area contributed by atoms with Gasteiger partial charge in [0.1, 0.15) is 0 Å². The normalized spacial score (nSPS) is 7.20. The van der Waals surface area contributed by atoms with E-state index in [1.54, 1.807) is 0 Å². The molecular formula is H3BCuNa3O12PSZn. The van der Waals surface area contributed by atoms with E-state index >= 15 is 0 Å². The summed E-state index contributed by atoms with van der Waals surface area (Å²) in [6.07, 6.45) is 0. The van der Waals surface area contributed by atoms with Gasteiger partial charge in [-0.3, -0.25) is 8.42 Å². The zero-order valence-electron chi connectivity index (χ0n) is 10.5. The minimum atomic E-state index is -5.39. The molecule has 0 saturated carbocycles. The molecule has 3 N–H and O–H groups in total. The second kappa shape index (κ2) is 30.9.